The average Bonchev–Trinajstić information content (AvgIpc) is 2.14. The zero-order valence-electron chi connectivity index (χ0n) is 8.34. The molecule has 0 aliphatic heterocycles. The summed E-state index contributed by atoms with van der Waals surface area (Å²) in [6.07, 6.45) is 6.63. The maximum atomic E-state index is 3.03. The molecule has 1 aromatic rings. The van der Waals surface area contributed by atoms with Gasteiger partial charge in [-0.15, -0.1) is 0 Å². The van der Waals surface area contributed by atoms with E-state index >= 15 is 0 Å². The Morgan fingerprint density at radius 1 is 1.08 bits per heavy atom. The topological polar surface area (TPSA) is 0 Å². The number of hydrogen-bond donors (Lipinski definition) is 0. The average molecular weight is 209 g/mol. The van der Waals surface area contributed by atoms with Crippen molar-refractivity contribution >= 4 is 0 Å². The Labute approximate surface area is 96.6 Å². The molecule has 1 rings (SSSR count). The number of aryl methyl sites for hydroxylation is 1. The van der Waals surface area contributed by atoms with Gasteiger partial charge in [0, 0.05) is 21.7 Å². The van der Waals surface area contributed by atoms with Crippen LogP contribution in [0.4, 0.5) is 0 Å². The summed E-state index contributed by atoms with van der Waals surface area (Å²) in [6.45, 7) is 2.25. The molecule has 0 saturated carbocycles. The van der Waals surface area contributed by atoms with Crippen LogP contribution in [0.25, 0.3) is 0 Å². The second-order valence-electron chi connectivity index (χ2n) is 3.22. The minimum absolute atomic E-state index is 0. The van der Waals surface area contributed by atoms with Crippen LogP contribution in [0.5, 0.6) is 0 Å². The van der Waals surface area contributed by atoms with Gasteiger partial charge in [-0.1, -0.05) is 50.5 Å². The van der Waals surface area contributed by atoms with Crippen LogP contribution >= 0.6 is 0 Å². The van der Waals surface area contributed by atoms with Gasteiger partial charge in [0.2, 0.25) is 0 Å². The Balaban J connectivity index is 0.00000144. The van der Waals surface area contributed by atoms with E-state index in [1.165, 1.54) is 37.7 Å². The molecular weight excluding hydrogens is 192 g/mol. The molecule has 0 atom stereocenters. The molecule has 0 saturated heterocycles. The molecule has 0 amide bonds. The maximum absolute atomic E-state index is 3.03. The standard InChI is InChI=1S/C12H17.Ti/c1-2-3-4-6-9-12-10-7-5-8-11-12;/h7-8,10-11H,2-4,6,9H2,1H3;. The van der Waals surface area contributed by atoms with E-state index in [9.17, 15) is 0 Å². The van der Waals surface area contributed by atoms with Gasteiger partial charge in [-0.2, -0.15) is 0 Å². The second kappa shape index (κ2) is 8.53. The van der Waals surface area contributed by atoms with Crippen LogP contribution in [0.1, 0.15) is 38.2 Å². The van der Waals surface area contributed by atoms with Crippen LogP contribution in [0, 0.1) is 6.07 Å². The fraction of sp³-hybridized carbons (Fsp3) is 0.500. The molecule has 0 aliphatic carbocycles. The second-order valence-corrected chi connectivity index (χ2v) is 3.22. The monoisotopic (exact) mass is 209 g/mol. The molecule has 0 N–H and O–H groups in total. The molecular formula is C12H17Ti. The van der Waals surface area contributed by atoms with Crippen molar-refractivity contribution in [2.75, 3.05) is 0 Å². The fourth-order valence-corrected chi connectivity index (χ4v) is 1.34. The van der Waals surface area contributed by atoms with Gasteiger partial charge in [0.15, 0.2) is 0 Å². The summed E-state index contributed by atoms with van der Waals surface area (Å²) in [6, 6.07) is 11.3. The first kappa shape index (κ1) is 12.9. The summed E-state index contributed by atoms with van der Waals surface area (Å²) in [5.41, 5.74) is 1.45. The van der Waals surface area contributed by atoms with Crippen LogP contribution in [0.2, 0.25) is 0 Å². The zero-order valence-corrected chi connectivity index (χ0v) is 9.91. The molecule has 0 fully saturated rings. The van der Waals surface area contributed by atoms with Gasteiger partial charge in [-0.25, -0.2) is 0 Å². The molecule has 1 radical (unpaired) electrons. The van der Waals surface area contributed by atoms with E-state index in [1.54, 1.807) is 0 Å². The predicted molar refractivity (Wildman–Crippen MR) is 53.1 cm³/mol. The first-order valence-corrected chi connectivity index (χ1v) is 4.88. The van der Waals surface area contributed by atoms with Crippen molar-refractivity contribution in [3.63, 3.8) is 0 Å². The Morgan fingerprint density at radius 3 is 2.38 bits per heavy atom. The number of benzene rings is 1. The van der Waals surface area contributed by atoms with Gasteiger partial charge < -0.3 is 0 Å². The van der Waals surface area contributed by atoms with E-state index < -0.39 is 0 Å². The van der Waals surface area contributed by atoms with Crippen molar-refractivity contribution in [2.45, 2.75) is 39.0 Å². The Kier molecular flexibility index (Phi) is 8.49. The zero-order chi connectivity index (χ0) is 8.65. The van der Waals surface area contributed by atoms with Crippen LogP contribution in [0.15, 0.2) is 24.3 Å². The molecule has 1 aromatic carbocycles. The Morgan fingerprint density at radius 2 is 1.77 bits per heavy atom. The molecule has 0 spiro atoms. The molecule has 0 unspecified atom stereocenters. The third-order valence-corrected chi connectivity index (χ3v) is 2.11. The van der Waals surface area contributed by atoms with Gasteiger partial charge in [-0.05, 0) is 24.5 Å². The van der Waals surface area contributed by atoms with E-state index in [1.807, 2.05) is 12.1 Å². The van der Waals surface area contributed by atoms with E-state index in [0.29, 0.717) is 0 Å². The summed E-state index contributed by atoms with van der Waals surface area (Å²) >= 11 is 0. The molecule has 0 bridgehead atoms. The molecule has 69 valence electrons. The van der Waals surface area contributed by atoms with Crippen molar-refractivity contribution in [3.8, 4) is 0 Å². The summed E-state index contributed by atoms with van der Waals surface area (Å²) < 4.78 is 0. The molecule has 0 heterocycles. The SMILES string of the molecule is CCCCCCc1cc[c]cc1.[Ti]. The Hall–Kier alpha value is -0.0657. The third kappa shape index (κ3) is 6.07. The normalized spacial score (nSPS) is 9.31. The van der Waals surface area contributed by atoms with Crippen molar-refractivity contribution in [3.05, 3.63) is 35.9 Å². The van der Waals surface area contributed by atoms with Gasteiger partial charge in [0.05, 0.1) is 0 Å². The molecule has 0 aromatic heterocycles. The third-order valence-electron chi connectivity index (χ3n) is 2.11. The molecule has 13 heavy (non-hydrogen) atoms. The smallest absolute Gasteiger partial charge is 0 e. The molecule has 1 heteroatoms. The van der Waals surface area contributed by atoms with Crippen molar-refractivity contribution < 1.29 is 21.7 Å². The van der Waals surface area contributed by atoms with Gasteiger partial charge >= 0.3 is 0 Å². The van der Waals surface area contributed by atoms with Crippen LogP contribution in [-0.4, -0.2) is 0 Å². The largest absolute Gasteiger partial charge is 0.0654 e. The van der Waals surface area contributed by atoms with E-state index in [4.69, 9.17) is 0 Å². The van der Waals surface area contributed by atoms with Gasteiger partial charge in [0.25, 0.3) is 0 Å². The van der Waals surface area contributed by atoms with E-state index in [2.05, 4.69) is 25.1 Å². The van der Waals surface area contributed by atoms with Crippen LogP contribution < -0.4 is 0 Å². The van der Waals surface area contributed by atoms with Crippen molar-refractivity contribution in [2.24, 2.45) is 0 Å². The van der Waals surface area contributed by atoms with Crippen LogP contribution in [0.3, 0.4) is 0 Å². The summed E-state index contributed by atoms with van der Waals surface area (Å²) in [5.74, 6) is 0. The molecule has 0 aliphatic rings. The summed E-state index contributed by atoms with van der Waals surface area (Å²) in [4.78, 5) is 0. The van der Waals surface area contributed by atoms with E-state index in [0.717, 1.165) is 0 Å². The fourth-order valence-electron chi connectivity index (χ4n) is 1.34. The van der Waals surface area contributed by atoms with Gasteiger partial charge in [-0.3, -0.25) is 0 Å². The quantitative estimate of drug-likeness (QED) is 0.513. The maximum Gasteiger partial charge on any atom is 0 e. The first-order valence-electron chi connectivity index (χ1n) is 4.88. The van der Waals surface area contributed by atoms with E-state index in [-0.39, 0.29) is 21.7 Å². The number of rotatable bonds is 5. The Bertz CT molecular complexity index is 194. The number of hydrogen-bond acceptors (Lipinski definition) is 0. The number of unbranched alkanes of at least 4 members (excludes halogenated alkanes) is 3. The molecule has 0 nitrogen and oxygen atoms in total. The summed E-state index contributed by atoms with van der Waals surface area (Å²) in [5, 5.41) is 0. The minimum Gasteiger partial charge on any atom is -0.0654 e. The first-order chi connectivity index (χ1) is 5.93. The minimum atomic E-state index is 0. The van der Waals surface area contributed by atoms with Crippen molar-refractivity contribution in [1.82, 2.24) is 0 Å². The van der Waals surface area contributed by atoms with Crippen LogP contribution in [-0.2, 0) is 28.1 Å². The predicted octanol–water partition coefficient (Wildman–Crippen LogP) is 3.61. The van der Waals surface area contributed by atoms with Crippen molar-refractivity contribution in [1.29, 1.82) is 0 Å². The van der Waals surface area contributed by atoms with Gasteiger partial charge in [0.1, 0.15) is 0 Å². The summed E-state index contributed by atoms with van der Waals surface area (Å²) in [7, 11) is 0.